The van der Waals surface area contributed by atoms with Gasteiger partial charge in [0.1, 0.15) is 0 Å². The first-order chi connectivity index (χ1) is 9.72. The fourth-order valence-electron chi connectivity index (χ4n) is 2.26. The summed E-state index contributed by atoms with van der Waals surface area (Å²) in [5.41, 5.74) is 2.05. The van der Waals surface area contributed by atoms with Crippen molar-refractivity contribution >= 4 is 17.3 Å². The Balaban J connectivity index is 1.78. The Bertz CT molecular complexity index is 422. The Morgan fingerprint density at radius 1 is 1.20 bits per heavy atom. The van der Waals surface area contributed by atoms with Gasteiger partial charge in [0.25, 0.3) is 0 Å². The van der Waals surface area contributed by atoms with Gasteiger partial charge in [-0.05, 0) is 63.4 Å². The minimum absolute atomic E-state index is 0.0289. The molecular formula is C16H25N3O. The highest BCUT2D eigenvalue weighted by molar-refractivity contribution is 5.92. The van der Waals surface area contributed by atoms with E-state index in [1.54, 1.807) is 0 Å². The Labute approximate surface area is 121 Å². The lowest BCUT2D eigenvalue weighted by Crippen LogP contribution is -2.29. The summed E-state index contributed by atoms with van der Waals surface area (Å²) in [6, 6.07) is 8.04. The van der Waals surface area contributed by atoms with Gasteiger partial charge in [-0.3, -0.25) is 4.79 Å². The Morgan fingerprint density at radius 2 is 1.85 bits per heavy atom. The number of nitrogens with one attached hydrogen (secondary N) is 2. The van der Waals surface area contributed by atoms with Gasteiger partial charge in [-0.1, -0.05) is 0 Å². The van der Waals surface area contributed by atoms with Crippen LogP contribution in [0.25, 0.3) is 0 Å². The number of carbonyl (C=O) groups is 1. The number of anilines is 2. The van der Waals surface area contributed by atoms with Crippen LogP contribution < -0.4 is 15.5 Å². The molecule has 4 heteroatoms. The topological polar surface area (TPSA) is 44.4 Å². The average Bonchev–Trinajstić information content (AvgIpc) is 3.26. The quantitative estimate of drug-likeness (QED) is 0.766. The summed E-state index contributed by atoms with van der Waals surface area (Å²) < 4.78 is 0. The smallest absolute Gasteiger partial charge is 0.238 e. The molecule has 0 unspecified atom stereocenters. The molecule has 1 fully saturated rings. The molecule has 110 valence electrons. The van der Waals surface area contributed by atoms with E-state index in [0.717, 1.165) is 31.2 Å². The highest BCUT2D eigenvalue weighted by Crippen LogP contribution is 2.27. The third-order valence-electron chi connectivity index (χ3n) is 3.70. The van der Waals surface area contributed by atoms with Gasteiger partial charge in [0, 0.05) is 24.5 Å². The Morgan fingerprint density at radius 3 is 2.40 bits per heavy atom. The predicted octanol–water partition coefficient (Wildman–Crippen LogP) is 2.47. The SMILES string of the molecule is CCN(CC)c1ccc(NC(=O)CNCC2CC2)cc1. The molecule has 2 N–H and O–H groups in total. The molecule has 2 rings (SSSR count). The summed E-state index contributed by atoms with van der Waals surface area (Å²) in [4.78, 5) is 14.0. The van der Waals surface area contributed by atoms with Crippen molar-refractivity contribution in [2.75, 3.05) is 36.4 Å². The van der Waals surface area contributed by atoms with E-state index in [4.69, 9.17) is 0 Å². The molecule has 1 aliphatic carbocycles. The Kier molecular flexibility index (Phi) is 5.41. The maximum Gasteiger partial charge on any atom is 0.238 e. The van der Waals surface area contributed by atoms with Crippen LogP contribution in [0.1, 0.15) is 26.7 Å². The molecule has 1 aromatic carbocycles. The van der Waals surface area contributed by atoms with E-state index in [9.17, 15) is 4.79 Å². The highest BCUT2D eigenvalue weighted by Gasteiger charge is 2.20. The second kappa shape index (κ2) is 7.29. The molecule has 1 saturated carbocycles. The molecule has 0 aliphatic heterocycles. The summed E-state index contributed by atoms with van der Waals surface area (Å²) in [5, 5.41) is 6.11. The van der Waals surface area contributed by atoms with Crippen LogP contribution in [0.4, 0.5) is 11.4 Å². The van der Waals surface area contributed by atoms with E-state index in [2.05, 4.69) is 41.5 Å². The van der Waals surface area contributed by atoms with Crippen molar-refractivity contribution in [1.29, 1.82) is 0 Å². The first-order valence-electron chi connectivity index (χ1n) is 7.58. The minimum Gasteiger partial charge on any atom is -0.372 e. The molecule has 1 aromatic rings. The van der Waals surface area contributed by atoms with Crippen molar-refractivity contribution in [3.63, 3.8) is 0 Å². The summed E-state index contributed by atoms with van der Waals surface area (Å²) in [6.07, 6.45) is 2.61. The van der Waals surface area contributed by atoms with Crippen LogP contribution >= 0.6 is 0 Å². The molecular weight excluding hydrogens is 250 g/mol. The van der Waals surface area contributed by atoms with E-state index in [0.29, 0.717) is 6.54 Å². The number of nitrogens with zero attached hydrogens (tertiary/aromatic N) is 1. The van der Waals surface area contributed by atoms with E-state index < -0.39 is 0 Å². The zero-order valence-electron chi connectivity index (χ0n) is 12.5. The molecule has 0 aromatic heterocycles. The Hall–Kier alpha value is -1.55. The molecule has 0 radical (unpaired) electrons. The van der Waals surface area contributed by atoms with Gasteiger partial charge < -0.3 is 15.5 Å². The fourth-order valence-corrected chi connectivity index (χ4v) is 2.26. The predicted molar refractivity (Wildman–Crippen MR) is 84.2 cm³/mol. The zero-order valence-corrected chi connectivity index (χ0v) is 12.5. The van der Waals surface area contributed by atoms with Gasteiger partial charge in [0.05, 0.1) is 6.54 Å². The number of hydrogen-bond acceptors (Lipinski definition) is 3. The van der Waals surface area contributed by atoms with E-state index >= 15 is 0 Å². The molecule has 0 heterocycles. The van der Waals surface area contributed by atoms with Crippen LogP contribution in [-0.2, 0) is 4.79 Å². The largest absolute Gasteiger partial charge is 0.372 e. The van der Waals surface area contributed by atoms with Gasteiger partial charge in [-0.15, -0.1) is 0 Å². The standard InChI is InChI=1S/C16H25N3O/c1-3-19(4-2)15-9-7-14(8-10-15)18-16(20)12-17-11-13-5-6-13/h7-10,13,17H,3-6,11-12H2,1-2H3,(H,18,20). The van der Waals surface area contributed by atoms with Gasteiger partial charge in [-0.25, -0.2) is 0 Å². The number of hydrogen-bond donors (Lipinski definition) is 2. The van der Waals surface area contributed by atoms with Gasteiger partial charge >= 0.3 is 0 Å². The maximum atomic E-state index is 11.8. The van der Waals surface area contributed by atoms with Gasteiger partial charge in [0.15, 0.2) is 0 Å². The van der Waals surface area contributed by atoms with Crippen LogP contribution in [0.2, 0.25) is 0 Å². The number of carbonyl (C=O) groups excluding carboxylic acids is 1. The summed E-state index contributed by atoms with van der Waals surface area (Å²) >= 11 is 0. The van der Waals surface area contributed by atoms with E-state index in [1.807, 2.05) is 12.1 Å². The molecule has 1 aliphatic rings. The van der Waals surface area contributed by atoms with Crippen molar-refractivity contribution in [3.8, 4) is 0 Å². The molecule has 20 heavy (non-hydrogen) atoms. The van der Waals surface area contributed by atoms with Crippen LogP contribution in [0.5, 0.6) is 0 Å². The monoisotopic (exact) mass is 275 g/mol. The highest BCUT2D eigenvalue weighted by atomic mass is 16.1. The van der Waals surface area contributed by atoms with Crippen LogP contribution in [0.15, 0.2) is 24.3 Å². The summed E-state index contributed by atoms with van der Waals surface area (Å²) in [7, 11) is 0. The van der Waals surface area contributed by atoms with Crippen molar-refractivity contribution in [1.82, 2.24) is 5.32 Å². The number of benzene rings is 1. The van der Waals surface area contributed by atoms with E-state index in [1.165, 1.54) is 18.5 Å². The molecule has 1 amide bonds. The van der Waals surface area contributed by atoms with Crippen molar-refractivity contribution < 1.29 is 4.79 Å². The molecule has 0 saturated heterocycles. The molecule has 0 atom stereocenters. The second-order valence-electron chi connectivity index (χ2n) is 5.34. The third-order valence-corrected chi connectivity index (χ3v) is 3.70. The van der Waals surface area contributed by atoms with Crippen LogP contribution in [0.3, 0.4) is 0 Å². The number of amides is 1. The lowest BCUT2D eigenvalue weighted by molar-refractivity contribution is -0.115. The summed E-state index contributed by atoms with van der Waals surface area (Å²) in [6.45, 7) is 7.64. The van der Waals surface area contributed by atoms with Crippen molar-refractivity contribution in [2.24, 2.45) is 5.92 Å². The zero-order chi connectivity index (χ0) is 14.4. The van der Waals surface area contributed by atoms with Gasteiger partial charge in [0.2, 0.25) is 5.91 Å². The fraction of sp³-hybridized carbons (Fsp3) is 0.562. The van der Waals surface area contributed by atoms with Gasteiger partial charge in [-0.2, -0.15) is 0 Å². The van der Waals surface area contributed by atoms with Crippen LogP contribution in [-0.4, -0.2) is 32.1 Å². The first-order valence-corrected chi connectivity index (χ1v) is 7.58. The lowest BCUT2D eigenvalue weighted by atomic mass is 10.2. The molecule has 4 nitrogen and oxygen atoms in total. The molecule has 0 spiro atoms. The van der Waals surface area contributed by atoms with Crippen molar-refractivity contribution in [2.45, 2.75) is 26.7 Å². The lowest BCUT2D eigenvalue weighted by Gasteiger charge is -2.21. The first kappa shape index (κ1) is 14.9. The normalized spacial score (nSPS) is 14.1. The second-order valence-corrected chi connectivity index (χ2v) is 5.34. The molecule has 0 bridgehead atoms. The number of rotatable bonds is 8. The van der Waals surface area contributed by atoms with E-state index in [-0.39, 0.29) is 5.91 Å². The average molecular weight is 275 g/mol. The summed E-state index contributed by atoms with van der Waals surface area (Å²) in [5.74, 6) is 0.831. The third kappa shape index (κ3) is 4.53. The minimum atomic E-state index is 0.0289. The van der Waals surface area contributed by atoms with Crippen molar-refractivity contribution in [3.05, 3.63) is 24.3 Å². The maximum absolute atomic E-state index is 11.8. The van der Waals surface area contributed by atoms with Crippen LogP contribution in [0, 0.1) is 5.92 Å².